The number of likely N-dealkylation sites (tertiary alicyclic amines) is 1. The van der Waals surface area contributed by atoms with Crippen molar-refractivity contribution in [2.24, 2.45) is 5.41 Å². The Hall–Kier alpha value is -1.56. The van der Waals surface area contributed by atoms with Gasteiger partial charge in [-0.25, -0.2) is 8.51 Å². The number of aromatic nitrogens is 1. The smallest absolute Gasteiger partial charge is 0.243 e. The fraction of sp³-hybridized carbons (Fsp3) is 0.500. The molecule has 2 heterocycles. The van der Waals surface area contributed by atoms with Crippen LogP contribution in [0.3, 0.4) is 0 Å². The van der Waals surface area contributed by atoms with Crippen LogP contribution in [0.4, 0.5) is 0 Å². The van der Waals surface area contributed by atoms with E-state index in [9.17, 15) is 14.7 Å². The predicted molar refractivity (Wildman–Crippen MR) is 131 cm³/mol. The second kappa shape index (κ2) is 9.93. The first-order chi connectivity index (χ1) is 14.6. The molecule has 1 aliphatic heterocycles. The average Bonchev–Trinajstić information content (AvgIpc) is 3.31. The van der Waals surface area contributed by atoms with Crippen LogP contribution in [0.5, 0.6) is 0 Å². The van der Waals surface area contributed by atoms with Crippen LogP contribution in [-0.4, -0.2) is 51.5 Å². The van der Waals surface area contributed by atoms with Crippen LogP contribution in [-0.2, 0) is 16.1 Å². The molecule has 1 aliphatic rings. The molecule has 1 fully saturated rings. The molecular formula is C22H29IN4O3S. The van der Waals surface area contributed by atoms with Crippen LogP contribution in [0.2, 0.25) is 0 Å². The predicted octanol–water partition coefficient (Wildman–Crippen LogP) is 3.05. The zero-order valence-electron chi connectivity index (χ0n) is 18.2. The van der Waals surface area contributed by atoms with Gasteiger partial charge in [-0.2, -0.15) is 0 Å². The highest BCUT2D eigenvalue weighted by Gasteiger charge is 2.43. The summed E-state index contributed by atoms with van der Waals surface area (Å²) in [6, 6.07) is 6.90. The molecule has 3 rings (SSSR count). The molecule has 0 radical (unpaired) electrons. The van der Waals surface area contributed by atoms with Crippen molar-refractivity contribution >= 4 is 46.0 Å². The Bertz CT molecular complexity index is 926. The normalized spacial score (nSPS) is 20.0. The van der Waals surface area contributed by atoms with Gasteiger partial charge in [0.25, 0.3) is 0 Å². The van der Waals surface area contributed by atoms with E-state index in [1.807, 2.05) is 80.3 Å². The number of benzene rings is 1. The fourth-order valence-corrected chi connectivity index (χ4v) is 5.72. The molecule has 0 spiro atoms. The molecule has 2 aromatic rings. The number of aliphatic hydroxyl groups excluding tert-OH is 1. The standard InChI is InChI=1S/C22H29IN4O3S/c1-13-18(31-12-25-13)15-7-5-14(6-8-15)10-24-20(29)17-9-16(28)11-27(17)21(30)19(26-23)22(2,3)4/h5-8,12,16-17,19,26,28H,9-11H2,1-4H3,(H,24,29). The second-order valence-corrected chi connectivity index (χ2v) is 10.5. The molecule has 7 nitrogen and oxygen atoms in total. The first-order valence-electron chi connectivity index (χ1n) is 10.2. The number of hydrogen-bond donors (Lipinski definition) is 3. The minimum Gasteiger partial charge on any atom is -0.391 e. The Balaban J connectivity index is 1.65. The van der Waals surface area contributed by atoms with Crippen LogP contribution >= 0.6 is 34.2 Å². The van der Waals surface area contributed by atoms with Gasteiger partial charge in [-0.1, -0.05) is 45.0 Å². The Kier molecular flexibility index (Phi) is 7.72. The number of carbonyl (C=O) groups is 2. The van der Waals surface area contributed by atoms with Crippen molar-refractivity contribution in [2.75, 3.05) is 6.54 Å². The van der Waals surface area contributed by atoms with Gasteiger partial charge in [0.15, 0.2) is 0 Å². The fourth-order valence-electron chi connectivity index (χ4n) is 3.71. The number of aryl methyl sites for hydroxylation is 1. The summed E-state index contributed by atoms with van der Waals surface area (Å²) in [6.07, 6.45) is -0.448. The maximum atomic E-state index is 13.1. The molecule has 0 saturated carbocycles. The zero-order valence-corrected chi connectivity index (χ0v) is 21.2. The molecule has 168 valence electrons. The number of amides is 2. The Morgan fingerprint density at radius 3 is 2.55 bits per heavy atom. The van der Waals surface area contributed by atoms with E-state index < -0.39 is 18.2 Å². The summed E-state index contributed by atoms with van der Waals surface area (Å²) in [4.78, 5) is 32.9. The topological polar surface area (TPSA) is 94.6 Å². The summed E-state index contributed by atoms with van der Waals surface area (Å²) < 4.78 is 3.03. The lowest BCUT2D eigenvalue weighted by molar-refractivity contribution is -0.141. The third-order valence-electron chi connectivity index (χ3n) is 5.52. The van der Waals surface area contributed by atoms with Crippen LogP contribution in [0.1, 0.15) is 38.4 Å². The van der Waals surface area contributed by atoms with Gasteiger partial charge >= 0.3 is 0 Å². The number of rotatable bonds is 6. The van der Waals surface area contributed by atoms with E-state index in [0.717, 1.165) is 21.7 Å². The number of hydrogen-bond acceptors (Lipinski definition) is 6. The number of nitrogens with zero attached hydrogens (tertiary/aromatic N) is 2. The van der Waals surface area contributed by atoms with Crippen LogP contribution < -0.4 is 8.85 Å². The number of carbonyl (C=O) groups excluding carboxylic acids is 2. The molecule has 3 unspecified atom stereocenters. The molecule has 0 bridgehead atoms. The highest BCUT2D eigenvalue weighted by Crippen LogP contribution is 2.28. The van der Waals surface area contributed by atoms with E-state index in [1.165, 1.54) is 4.90 Å². The minimum absolute atomic E-state index is 0.164. The molecule has 0 aliphatic carbocycles. The molecule has 1 aromatic carbocycles. The number of thiazole rings is 1. The number of aliphatic hydroxyl groups is 1. The Morgan fingerprint density at radius 2 is 2.00 bits per heavy atom. The maximum absolute atomic E-state index is 13.1. The van der Waals surface area contributed by atoms with E-state index in [0.29, 0.717) is 6.54 Å². The van der Waals surface area contributed by atoms with Gasteiger partial charge in [0, 0.05) is 42.4 Å². The molecule has 9 heteroatoms. The third-order valence-corrected chi connectivity index (χ3v) is 7.12. The Morgan fingerprint density at radius 1 is 1.32 bits per heavy atom. The number of nitrogens with one attached hydrogen (secondary N) is 2. The molecule has 3 atom stereocenters. The zero-order chi connectivity index (χ0) is 22.8. The van der Waals surface area contributed by atoms with Gasteiger partial charge in [-0.15, -0.1) is 11.3 Å². The van der Waals surface area contributed by atoms with Gasteiger partial charge in [0.05, 0.1) is 22.2 Å². The summed E-state index contributed by atoms with van der Waals surface area (Å²) in [6.45, 7) is 8.44. The summed E-state index contributed by atoms with van der Waals surface area (Å²) in [5.74, 6) is -0.406. The van der Waals surface area contributed by atoms with Crippen molar-refractivity contribution in [3.63, 3.8) is 0 Å². The molecule has 31 heavy (non-hydrogen) atoms. The third kappa shape index (κ3) is 5.63. The summed E-state index contributed by atoms with van der Waals surface area (Å²) in [5.41, 5.74) is 4.60. The number of β-amino-alcohol motifs (C(OH)–C–C–N with tert-alkyl or cyclic N) is 1. The van der Waals surface area contributed by atoms with Gasteiger partial charge in [0.2, 0.25) is 11.8 Å². The van der Waals surface area contributed by atoms with Gasteiger partial charge in [-0.05, 0) is 23.5 Å². The largest absolute Gasteiger partial charge is 0.391 e. The summed E-state index contributed by atoms with van der Waals surface area (Å²) in [5, 5.41) is 13.1. The lowest BCUT2D eigenvalue weighted by atomic mass is 9.86. The van der Waals surface area contributed by atoms with Crippen LogP contribution in [0.25, 0.3) is 10.4 Å². The van der Waals surface area contributed by atoms with Gasteiger partial charge in [0.1, 0.15) is 12.1 Å². The summed E-state index contributed by atoms with van der Waals surface area (Å²) >= 11 is 3.58. The SMILES string of the molecule is Cc1ncsc1-c1ccc(CNC(=O)C2CC(O)CN2C(=O)C(NI)C(C)(C)C)cc1. The highest BCUT2D eigenvalue weighted by molar-refractivity contribution is 14.1. The first kappa shape index (κ1) is 24.1. The second-order valence-electron chi connectivity index (χ2n) is 8.99. The molecule has 1 saturated heterocycles. The Labute approximate surface area is 201 Å². The number of halogens is 1. The van der Waals surface area contributed by atoms with E-state index >= 15 is 0 Å². The van der Waals surface area contributed by atoms with Gasteiger partial charge < -0.3 is 15.3 Å². The van der Waals surface area contributed by atoms with Crippen molar-refractivity contribution in [2.45, 2.75) is 58.8 Å². The van der Waals surface area contributed by atoms with Crippen molar-refractivity contribution < 1.29 is 14.7 Å². The summed E-state index contributed by atoms with van der Waals surface area (Å²) in [7, 11) is 0. The minimum atomic E-state index is -0.698. The van der Waals surface area contributed by atoms with Crippen molar-refractivity contribution in [1.82, 2.24) is 18.7 Å². The van der Waals surface area contributed by atoms with Crippen molar-refractivity contribution in [3.05, 3.63) is 41.0 Å². The van der Waals surface area contributed by atoms with E-state index in [2.05, 4.69) is 13.8 Å². The van der Waals surface area contributed by atoms with Crippen molar-refractivity contribution in [3.8, 4) is 10.4 Å². The first-order valence-corrected chi connectivity index (χ1v) is 12.2. The highest BCUT2D eigenvalue weighted by atomic mass is 127. The van der Waals surface area contributed by atoms with E-state index in [4.69, 9.17) is 0 Å². The molecule has 3 N–H and O–H groups in total. The van der Waals surface area contributed by atoms with Crippen molar-refractivity contribution in [1.29, 1.82) is 0 Å². The molecule has 2 amide bonds. The lowest BCUT2D eigenvalue weighted by Gasteiger charge is -2.34. The average molecular weight is 556 g/mol. The monoisotopic (exact) mass is 556 g/mol. The van der Waals surface area contributed by atoms with Crippen LogP contribution in [0, 0.1) is 12.3 Å². The van der Waals surface area contributed by atoms with E-state index in [1.54, 1.807) is 11.3 Å². The quantitative estimate of drug-likeness (QED) is 0.376. The van der Waals surface area contributed by atoms with Crippen LogP contribution in [0.15, 0.2) is 29.8 Å². The van der Waals surface area contributed by atoms with Gasteiger partial charge in [-0.3, -0.25) is 9.59 Å². The van der Waals surface area contributed by atoms with E-state index in [-0.39, 0.29) is 30.2 Å². The maximum Gasteiger partial charge on any atom is 0.243 e. The lowest BCUT2D eigenvalue weighted by Crippen LogP contribution is -2.54. The molecule has 1 aromatic heterocycles. The molecular weight excluding hydrogens is 527 g/mol.